The van der Waals surface area contributed by atoms with Crippen LogP contribution >= 0.6 is 0 Å². The van der Waals surface area contributed by atoms with Crippen LogP contribution in [0.1, 0.15) is 27.7 Å². The van der Waals surface area contributed by atoms with E-state index >= 15 is 0 Å². The van der Waals surface area contributed by atoms with Crippen molar-refractivity contribution in [1.29, 1.82) is 0 Å². The zero-order chi connectivity index (χ0) is 16.9. The normalized spacial score (nSPS) is 12.9. The largest absolute Gasteiger partial charge is 0.350 e. The Hall–Kier alpha value is -1.95. The predicted molar refractivity (Wildman–Crippen MR) is 85.0 cm³/mol. The van der Waals surface area contributed by atoms with Crippen LogP contribution in [0, 0.1) is 5.82 Å². The van der Waals surface area contributed by atoms with Crippen molar-refractivity contribution in [2.24, 2.45) is 0 Å². The molecule has 0 aromatic heterocycles. The van der Waals surface area contributed by atoms with Gasteiger partial charge in [0.25, 0.3) is 0 Å². The summed E-state index contributed by atoms with van der Waals surface area (Å²) in [5, 5.41) is 5.36. The molecule has 122 valence electrons. The number of anilines is 1. The van der Waals surface area contributed by atoms with Gasteiger partial charge >= 0.3 is 0 Å². The first kappa shape index (κ1) is 18.1. The number of hydrogen-bond acceptors (Lipinski definition) is 3. The van der Waals surface area contributed by atoms with Crippen LogP contribution in [0.4, 0.5) is 10.1 Å². The number of halogens is 1. The Morgan fingerprint density at radius 2 is 1.86 bits per heavy atom. The van der Waals surface area contributed by atoms with Crippen LogP contribution in [-0.2, 0) is 9.59 Å². The number of amides is 2. The molecule has 0 aliphatic rings. The molecular weight excluding hydrogens is 285 g/mol. The first-order valence-electron chi connectivity index (χ1n) is 7.17. The Morgan fingerprint density at radius 1 is 1.27 bits per heavy atom. The molecule has 0 saturated carbocycles. The average molecular weight is 309 g/mol. The number of benzene rings is 1. The summed E-state index contributed by atoms with van der Waals surface area (Å²) in [6, 6.07) is 5.40. The standard InChI is InChI=1S/C16H24FN3O2/c1-11(20(5)10-14(21)19-16(2,3)4)15(22)18-13-9-7-6-8-12(13)17/h6-9,11H,10H2,1-5H3,(H,18,22)(H,19,21)/t11-/m0/s1. The third-order valence-electron chi connectivity index (χ3n) is 3.08. The molecule has 0 heterocycles. The lowest BCUT2D eigenvalue weighted by Crippen LogP contribution is -2.49. The summed E-state index contributed by atoms with van der Waals surface area (Å²) in [7, 11) is 1.67. The summed E-state index contributed by atoms with van der Waals surface area (Å²) in [5.41, 5.74) is -0.191. The summed E-state index contributed by atoms with van der Waals surface area (Å²) < 4.78 is 13.5. The fourth-order valence-electron chi connectivity index (χ4n) is 1.82. The van der Waals surface area contributed by atoms with Crippen LogP contribution in [-0.4, -0.2) is 41.9 Å². The molecule has 22 heavy (non-hydrogen) atoms. The van der Waals surface area contributed by atoms with E-state index in [1.165, 1.54) is 12.1 Å². The molecule has 2 N–H and O–H groups in total. The van der Waals surface area contributed by atoms with E-state index in [9.17, 15) is 14.0 Å². The smallest absolute Gasteiger partial charge is 0.241 e. The van der Waals surface area contributed by atoms with Gasteiger partial charge in [0.15, 0.2) is 0 Å². The average Bonchev–Trinajstić information content (AvgIpc) is 2.38. The number of hydrogen-bond donors (Lipinski definition) is 2. The van der Waals surface area contributed by atoms with Crippen LogP contribution in [0.5, 0.6) is 0 Å². The Kier molecular flexibility index (Phi) is 6.05. The summed E-state index contributed by atoms with van der Waals surface area (Å²) >= 11 is 0. The Balaban J connectivity index is 2.59. The molecular formula is C16H24FN3O2. The lowest BCUT2D eigenvalue weighted by molar-refractivity contribution is -0.125. The predicted octanol–water partition coefficient (Wildman–Crippen LogP) is 2.00. The maximum absolute atomic E-state index is 13.5. The molecule has 1 atom stereocenters. The third kappa shape index (κ3) is 5.81. The molecule has 1 rings (SSSR count). The van der Waals surface area contributed by atoms with E-state index < -0.39 is 11.9 Å². The van der Waals surface area contributed by atoms with Crippen LogP contribution in [0.15, 0.2) is 24.3 Å². The van der Waals surface area contributed by atoms with Crippen molar-refractivity contribution in [2.45, 2.75) is 39.3 Å². The van der Waals surface area contributed by atoms with Gasteiger partial charge in [0.2, 0.25) is 11.8 Å². The third-order valence-corrected chi connectivity index (χ3v) is 3.08. The number of carbonyl (C=O) groups excluding carboxylic acids is 2. The van der Waals surface area contributed by atoms with E-state index in [4.69, 9.17) is 0 Å². The second-order valence-electron chi connectivity index (χ2n) is 6.36. The van der Waals surface area contributed by atoms with Gasteiger partial charge in [-0.25, -0.2) is 4.39 Å². The van der Waals surface area contributed by atoms with Gasteiger partial charge < -0.3 is 10.6 Å². The van der Waals surface area contributed by atoms with Crippen LogP contribution in [0.3, 0.4) is 0 Å². The number of likely N-dealkylation sites (N-methyl/N-ethyl adjacent to an activating group) is 1. The van der Waals surface area contributed by atoms with Crippen molar-refractivity contribution in [2.75, 3.05) is 18.9 Å². The molecule has 2 amide bonds. The molecule has 1 aromatic rings. The van der Waals surface area contributed by atoms with Gasteiger partial charge in [-0.3, -0.25) is 14.5 Å². The molecule has 0 fully saturated rings. The number of carbonyl (C=O) groups is 2. The van der Waals surface area contributed by atoms with Crippen molar-refractivity contribution in [3.63, 3.8) is 0 Å². The van der Waals surface area contributed by atoms with Gasteiger partial charge in [-0.1, -0.05) is 12.1 Å². The van der Waals surface area contributed by atoms with E-state index in [-0.39, 0.29) is 29.6 Å². The van der Waals surface area contributed by atoms with Crippen molar-refractivity contribution in [3.05, 3.63) is 30.1 Å². The topological polar surface area (TPSA) is 61.4 Å². The van der Waals surface area contributed by atoms with E-state index in [1.807, 2.05) is 20.8 Å². The van der Waals surface area contributed by atoms with Gasteiger partial charge in [0.05, 0.1) is 18.3 Å². The molecule has 5 nitrogen and oxygen atoms in total. The summed E-state index contributed by atoms with van der Waals surface area (Å²) in [5.74, 6) is -1.02. The van der Waals surface area contributed by atoms with Crippen LogP contribution in [0.25, 0.3) is 0 Å². The zero-order valence-electron chi connectivity index (χ0n) is 13.7. The molecule has 1 aromatic carbocycles. The lowest BCUT2D eigenvalue weighted by atomic mass is 10.1. The van der Waals surface area contributed by atoms with Gasteiger partial charge in [0.1, 0.15) is 5.82 Å². The van der Waals surface area contributed by atoms with Gasteiger partial charge in [-0.2, -0.15) is 0 Å². The fraction of sp³-hybridized carbons (Fsp3) is 0.500. The highest BCUT2D eigenvalue weighted by Crippen LogP contribution is 2.13. The maximum Gasteiger partial charge on any atom is 0.241 e. The monoisotopic (exact) mass is 309 g/mol. The van der Waals surface area contributed by atoms with E-state index in [0.717, 1.165) is 0 Å². The lowest BCUT2D eigenvalue weighted by Gasteiger charge is -2.26. The van der Waals surface area contributed by atoms with Crippen molar-refractivity contribution < 1.29 is 14.0 Å². The Morgan fingerprint density at radius 3 is 2.41 bits per heavy atom. The van der Waals surface area contributed by atoms with E-state index in [1.54, 1.807) is 31.0 Å². The summed E-state index contributed by atoms with van der Waals surface area (Å²) in [4.78, 5) is 25.6. The van der Waals surface area contributed by atoms with Gasteiger partial charge in [-0.15, -0.1) is 0 Å². The first-order chi connectivity index (χ1) is 10.1. The highest BCUT2D eigenvalue weighted by Gasteiger charge is 2.22. The van der Waals surface area contributed by atoms with Crippen molar-refractivity contribution in [3.8, 4) is 0 Å². The maximum atomic E-state index is 13.5. The van der Waals surface area contributed by atoms with Crippen molar-refractivity contribution in [1.82, 2.24) is 10.2 Å². The summed E-state index contributed by atoms with van der Waals surface area (Å²) in [6.07, 6.45) is 0. The van der Waals surface area contributed by atoms with Gasteiger partial charge in [0, 0.05) is 5.54 Å². The highest BCUT2D eigenvalue weighted by atomic mass is 19.1. The minimum atomic E-state index is -0.565. The molecule has 0 bridgehead atoms. The molecule has 6 heteroatoms. The molecule has 0 spiro atoms. The molecule has 0 aliphatic heterocycles. The molecule has 0 saturated heterocycles. The quantitative estimate of drug-likeness (QED) is 0.874. The number of nitrogens with zero attached hydrogens (tertiary/aromatic N) is 1. The molecule has 0 aliphatic carbocycles. The van der Waals surface area contributed by atoms with Crippen molar-refractivity contribution >= 4 is 17.5 Å². The number of para-hydroxylation sites is 1. The van der Waals surface area contributed by atoms with E-state index in [2.05, 4.69) is 10.6 Å². The highest BCUT2D eigenvalue weighted by molar-refractivity contribution is 5.95. The van der Waals surface area contributed by atoms with Crippen LogP contribution < -0.4 is 10.6 Å². The van der Waals surface area contributed by atoms with E-state index in [0.29, 0.717) is 0 Å². The second kappa shape index (κ2) is 7.35. The summed E-state index contributed by atoms with van der Waals surface area (Å²) in [6.45, 7) is 7.42. The number of rotatable bonds is 5. The minimum absolute atomic E-state index is 0.0864. The molecule has 0 radical (unpaired) electrons. The second-order valence-corrected chi connectivity index (χ2v) is 6.36. The van der Waals surface area contributed by atoms with Crippen LogP contribution in [0.2, 0.25) is 0 Å². The SMILES string of the molecule is C[C@@H](C(=O)Nc1ccccc1F)N(C)CC(=O)NC(C)(C)C. The number of nitrogens with one attached hydrogen (secondary N) is 2. The minimum Gasteiger partial charge on any atom is -0.350 e. The molecule has 0 unspecified atom stereocenters. The Bertz CT molecular complexity index is 540. The van der Waals surface area contributed by atoms with Gasteiger partial charge in [-0.05, 0) is 46.9 Å². The zero-order valence-corrected chi connectivity index (χ0v) is 13.7. The first-order valence-corrected chi connectivity index (χ1v) is 7.17. The Labute approximate surface area is 130 Å². The fourth-order valence-corrected chi connectivity index (χ4v) is 1.82.